The van der Waals surface area contributed by atoms with Gasteiger partial charge in [0.25, 0.3) is 0 Å². The second-order valence-corrected chi connectivity index (χ2v) is 4.58. The Morgan fingerprint density at radius 1 is 1.38 bits per heavy atom. The summed E-state index contributed by atoms with van der Waals surface area (Å²) in [6.45, 7) is 5.71. The van der Waals surface area contributed by atoms with E-state index in [1.165, 1.54) is 0 Å². The minimum absolute atomic E-state index is 0.0518. The summed E-state index contributed by atoms with van der Waals surface area (Å²) in [5.74, 6) is -0.480. The maximum Gasteiger partial charge on any atom is 0.304 e. The van der Waals surface area contributed by atoms with Gasteiger partial charge in [-0.15, -0.1) is 0 Å². The lowest BCUT2D eigenvalue weighted by molar-refractivity contribution is -0.136. The molecule has 0 unspecified atom stereocenters. The topological polar surface area (TPSA) is 54.4 Å². The molecule has 0 aliphatic heterocycles. The van der Waals surface area contributed by atoms with E-state index in [0.29, 0.717) is 5.75 Å². The zero-order valence-electron chi connectivity index (χ0n) is 8.29. The van der Waals surface area contributed by atoms with Crippen LogP contribution in [0.15, 0.2) is 0 Å². The molecule has 0 amide bonds. The molecule has 76 valence electrons. The first kappa shape index (κ1) is 12.5. The average Bonchev–Trinajstić information content (AvgIpc) is 2.03. The SMILES string of the molecule is CCC(C)(C)C(=O)SCCC(=O)O. The third-order valence-corrected chi connectivity index (χ3v) is 3.21. The van der Waals surface area contributed by atoms with Crippen LogP contribution in [0.25, 0.3) is 0 Å². The molecular weight excluding hydrogens is 188 g/mol. The van der Waals surface area contributed by atoms with Crippen LogP contribution in [0.3, 0.4) is 0 Å². The minimum atomic E-state index is -0.852. The molecule has 0 saturated carbocycles. The number of carbonyl (C=O) groups excluding carboxylic acids is 1. The first-order valence-electron chi connectivity index (χ1n) is 4.29. The Hall–Kier alpha value is -0.510. The standard InChI is InChI=1S/C9H16O3S/c1-4-9(2,3)8(12)13-6-5-7(10)11/h4-6H2,1-3H3,(H,10,11). The largest absolute Gasteiger partial charge is 0.481 e. The van der Waals surface area contributed by atoms with Gasteiger partial charge in [-0.05, 0) is 6.42 Å². The van der Waals surface area contributed by atoms with E-state index in [-0.39, 0.29) is 17.0 Å². The van der Waals surface area contributed by atoms with Crippen molar-refractivity contribution in [2.24, 2.45) is 5.41 Å². The predicted molar refractivity (Wildman–Crippen MR) is 53.8 cm³/mol. The summed E-state index contributed by atoms with van der Waals surface area (Å²) in [7, 11) is 0. The highest BCUT2D eigenvalue weighted by atomic mass is 32.2. The van der Waals surface area contributed by atoms with Crippen molar-refractivity contribution in [1.29, 1.82) is 0 Å². The molecule has 1 N–H and O–H groups in total. The van der Waals surface area contributed by atoms with Gasteiger partial charge in [-0.3, -0.25) is 9.59 Å². The molecule has 13 heavy (non-hydrogen) atoms. The minimum Gasteiger partial charge on any atom is -0.481 e. The average molecular weight is 204 g/mol. The molecule has 0 atom stereocenters. The monoisotopic (exact) mass is 204 g/mol. The van der Waals surface area contributed by atoms with Gasteiger partial charge in [0.05, 0.1) is 6.42 Å². The van der Waals surface area contributed by atoms with Gasteiger partial charge in [0.1, 0.15) is 0 Å². The van der Waals surface area contributed by atoms with Crippen molar-refractivity contribution in [3.63, 3.8) is 0 Å². The van der Waals surface area contributed by atoms with E-state index in [2.05, 4.69) is 0 Å². The highest BCUT2D eigenvalue weighted by Gasteiger charge is 2.25. The summed E-state index contributed by atoms with van der Waals surface area (Å²) in [6, 6.07) is 0. The lowest BCUT2D eigenvalue weighted by atomic mass is 9.92. The quantitative estimate of drug-likeness (QED) is 0.745. The van der Waals surface area contributed by atoms with Crippen molar-refractivity contribution in [2.45, 2.75) is 33.6 Å². The van der Waals surface area contributed by atoms with E-state index in [1.807, 2.05) is 20.8 Å². The molecule has 0 fully saturated rings. The Morgan fingerprint density at radius 3 is 2.31 bits per heavy atom. The Balaban J connectivity index is 3.81. The van der Waals surface area contributed by atoms with Crippen molar-refractivity contribution in [3.8, 4) is 0 Å². The van der Waals surface area contributed by atoms with Gasteiger partial charge in [0.15, 0.2) is 5.12 Å². The van der Waals surface area contributed by atoms with Crippen molar-refractivity contribution < 1.29 is 14.7 Å². The van der Waals surface area contributed by atoms with Crippen LogP contribution in [-0.2, 0) is 9.59 Å². The summed E-state index contributed by atoms with van der Waals surface area (Å²) < 4.78 is 0. The molecule has 0 aromatic carbocycles. The van der Waals surface area contributed by atoms with Crippen LogP contribution in [-0.4, -0.2) is 21.9 Å². The number of thioether (sulfide) groups is 1. The van der Waals surface area contributed by atoms with Crippen LogP contribution < -0.4 is 0 Å². The Kier molecular flexibility index (Phi) is 5.06. The summed E-state index contributed by atoms with van der Waals surface area (Å²) in [6.07, 6.45) is 0.835. The van der Waals surface area contributed by atoms with Crippen LogP contribution in [0.4, 0.5) is 0 Å². The normalized spacial score (nSPS) is 11.3. The van der Waals surface area contributed by atoms with E-state index in [9.17, 15) is 9.59 Å². The van der Waals surface area contributed by atoms with Crippen LogP contribution in [0, 0.1) is 5.41 Å². The zero-order chi connectivity index (χ0) is 10.5. The van der Waals surface area contributed by atoms with E-state index in [1.54, 1.807) is 0 Å². The summed E-state index contributed by atoms with van der Waals surface area (Å²) in [5.41, 5.74) is -0.330. The van der Waals surface area contributed by atoms with Gasteiger partial charge in [0.2, 0.25) is 0 Å². The lowest BCUT2D eigenvalue weighted by Gasteiger charge is -2.19. The van der Waals surface area contributed by atoms with Crippen LogP contribution >= 0.6 is 11.8 Å². The fraction of sp³-hybridized carbons (Fsp3) is 0.778. The highest BCUT2D eigenvalue weighted by Crippen LogP contribution is 2.27. The number of hydrogen-bond acceptors (Lipinski definition) is 3. The molecule has 3 nitrogen and oxygen atoms in total. The predicted octanol–water partition coefficient (Wildman–Crippen LogP) is 2.16. The number of rotatable bonds is 5. The highest BCUT2D eigenvalue weighted by molar-refractivity contribution is 8.13. The summed E-state index contributed by atoms with van der Waals surface area (Å²) in [5, 5.41) is 8.44. The van der Waals surface area contributed by atoms with Gasteiger partial charge in [-0.2, -0.15) is 0 Å². The molecule has 0 aromatic rings. The van der Waals surface area contributed by atoms with Gasteiger partial charge in [-0.1, -0.05) is 32.5 Å². The lowest BCUT2D eigenvalue weighted by Crippen LogP contribution is -2.20. The first-order valence-corrected chi connectivity index (χ1v) is 5.27. The molecule has 0 aliphatic rings. The molecule has 0 radical (unpaired) electrons. The Morgan fingerprint density at radius 2 is 1.92 bits per heavy atom. The van der Waals surface area contributed by atoms with Gasteiger partial charge >= 0.3 is 5.97 Å². The van der Waals surface area contributed by atoms with Gasteiger partial charge < -0.3 is 5.11 Å². The van der Waals surface area contributed by atoms with Gasteiger partial charge in [0, 0.05) is 11.2 Å². The van der Waals surface area contributed by atoms with Crippen LogP contribution in [0.5, 0.6) is 0 Å². The third kappa shape index (κ3) is 4.93. The molecule has 0 bridgehead atoms. The van der Waals surface area contributed by atoms with E-state index in [4.69, 9.17) is 5.11 Å². The van der Waals surface area contributed by atoms with E-state index in [0.717, 1.165) is 18.2 Å². The molecule has 4 heteroatoms. The molecule has 0 saturated heterocycles. The second-order valence-electron chi connectivity index (χ2n) is 3.52. The smallest absolute Gasteiger partial charge is 0.304 e. The van der Waals surface area contributed by atoms with Crippen LogP contribution in [0.1, 0.15) is 33.6 Å². The molecular formula is C9H16O3S. The maximum atomic E-state index is 11.4. The van der Waals surface area contributed by atoms with E-state index < -0.39 is 5.97 Å². The fourth-order valence-corrected chi connectivity index (χ4v) is 1.57. The molecule has 0 heterocycles. The maximum absolute atomic E-state index is 11.4. The number of carbonyl (C=O) groups is 2. The zero-order valence-corrected chi connectivity index (χ0v) is 9.11. The van der Waals surface area contributed by atoms with Gasteiger partial charge in [-0.25, -0.2) is 0 Å². The number of carboxylic acid groups (broad SMARTS) is 1. The van der Waals surface area contributed by atoms with Crippen molar-refractivity contribution >= 4 is 22.8 Å². The van der Waals surface area contributed by atoms with Crippen LogP contribution in [0.2, 0.25) is 0 Å². The molecule has 0 spiro atoms. The molecule has 0 aliphatic carbocycles. The van der Waals surface area contributed by atoms with E-state index >= 15 is 0 Å². The van der Waals surface area contributed by atoms with Crippen molar-refractivity contribution in [3.05, 3.63) is 0 Å². The third-order valence-electron chi connectivity index (χ3n) is 1.99. The second kappa shape index (κ2) is 5.27. The summed E-state index contributed by atoms with van der Waals surface area (Å²) >= 11 is 1.12. The molecule has 0 aromatic heterocycles. The summed E-state index contributed by atoms with van der Waals surface area (Å²) in [4.78, 5) is 21.6. The Bertz CT molecular complexity index is 199. The first-order chi connectivity index (χ1) is 5.90. The fourth-order valence-electron chi connectivity index (χ4n) is 0.571. The number of aliphatic carboxylic acids is 1. The number of hydrogen-bond donors (Lipinski definition) is 1. The Labute approximate surface area is 82.9 Å². The van der Waals surface area contributed by atoms with Crippen molar-refractivity contribution in [1.82, 2.24) is 0 Å². The number of carboxylic acids is 1. The van der Waals surface area contributed by atoms with Crippen molar-refractivity contribution in [2.75, 3.05) is 5.75 Å². The molecule has 0 rings (SSSR count).